The molecule has 2 N–H and O–H groups in total. The number of nitrogens with zero attached hydrogens (tertiary/aromatic N) is 2. The lowest BCUT2D eigenvalue weighted by atomic mass is 10.00. The highest BCUT2D eigenvalue weighted by atomic mass is 16.3. The van der Waals surface area contributed by atoms with E-state index >= 15 is 0 Å². The SMILES string of the molecule is CC(C)c1cc(N[C@H](C)CCCC(C)(C)O)ncn1. The second-order valence-corrected chi connectivity index (χ2v) is 6.23. The van der Waals surface area contributed by atoms with Crippen LogP contribution in [0.1, 0.15) is 65.5 Å². The van der Waals surface area contributed by atoms with Gasteiger partial charge in [0.15, 0.2) is 0 Å². The predicted octanol–water partition coefficient (Wildman–Crippen LogP) is 3.34. The molecule has 0 saturated carbocycles. The van der Waals surface area contributed by atoms with Crippen molar-refractivity contribution < 1.29 is 5.11 Å². The highest BCUT2D eigenvalue weighted by Crippen LogP contribution is 2.17. The summed E-state index contributed by atoms with van der Waals surface area (Å²) in [6, 6.07) is 2.36. The number of nitrogens with one attached hydrogen (secondary N) is 1. The van der Waals surface area contributed by atoms with Crippen molar-refractivity contribution in [1.29, 1.82) is 0 Å². The van der Waals surface area contributed by atoms with E-state index in [-0.39, 0.29) is 0 Å². The molecule has 0 radical (unpaired) electrons. The molecule has 0 spiro atoms. The van der Waals surface area contributed by atoms with Gasteiger partial charge in [0.05, 0.1) is 5.60 Å². The summed E-state index contributed by atoms with van der Waals surface area (Å²) in [5.74, 6) is 1.29. The Morgan fingerprint density at radius 1 is 1.26 bits per heavy atom. The zero-order valence-electron chi connectivity index (χ0n) is 12.8. The molecule has 108 valence electrons. The average molecular weight is 265 g/mol. The van der Waals surface area contributed by atoms with Crippen LogP contribution in [-0.2, 0) is 0 Å². The second kappa shape index (κ2) is 6.85. The molecule has 4 nitrogen and oxygen atoms in total. The van der Waals surface area contributed by atoms with E-state index in [9.17, 15) is 5.11 Å². The van der Waals surface area contributed by atoms with Crippen LogP contribution in [0, 0.1) is 0 Å². The summed E-state index contributed by atoms with van der Waals surface area (Å²) >= 11 is 0. The van der Waals surface area contributed by atoms with Crippen molar-refractivity contribution in [2.45, 2.75) is 71.4 Å². The van der Waals surface area contributed by atoms with E-state index < -0.39 is 5.60 Å². The standard InChI is InChI=1S/C15H27N3O/c1-11(2)13-9-14(17-10-16-13)18-12(3)7-6-8-15(4,5)19/h9-12,19H,6-8H2,1-5H3,(H,16,17,18)/t12-/m1/s1. The molecule has 0 aliphatic rings. The van der Waals surface area contributed by atoms with Crippen LogP contribution in [-0.4, -0.2) is 26.7 Å². The maximum atomic E-state index is 9.68. The Morgan fingerprint density at radius 2 is 1.95 bits per heavy atom. The molecule has 1 aromatic heterocycles. The van der Waals surface area contributed by atoms with Gasteiger partial charge in [-0.3, -0.25) is 0 Å². The molecule has 0 aromatic carbocycles. The molecule has 0 fully saturated rings. The molecule has 1 heterocycles. The van der Waals surface area contributed by atoms with Crippen LogP contribution < -0.4 is 5.32 Å². The molecule has 0 amide bonds. The van der Waals surface area contributed by atoms with Crippen molar-refractivity contribution in [3.8, 4) is 0 Å². The molecule has 4 heteroatoms. The van der Waals surface area contributed by atoms with E-state index in [1.165, 1.54) is 0 Å². The number of aromatic nitrogens is 2. The van der Waals surface area contributed by atoms with E-state index in [0.717, 1.165) is 30.8 Å². The quantitative estimate of drug-likeness (QED) is 0.794. The Morgan fingerprint density at radius 3 is 2.53 bits per heavy atom. The molecule has 1 aromatic rings. The predicted molar refractivity (Wildman–Crippen MR) is 79.4 cm³/mol. The summed E-state index contributed by atoms with van der Waals surface area (Å²) in [4.78, 5) is 8.50. The van der Waals surface area contributed by atoms with Gasteiger partial charge in [-0.25, -0.2) is 9.97 Å². The maximum absolute atomic E-state index is 9.68. The number of hydrogen-bond acceptors (Lipinski definition) is 4. The van der Waals surface area contributed by atoms with Crippen LogP contribution in [0.4, 0.5) is 5.82 Å². The lowest BCUT2D eigenvalue weighted by molar-refractivity contribution is 0.0680. The van der Waals surface area contributed by atoms with Gasteiger partial charge < -0.3 is 10.4 Å². The zero-order chi connectivity index (χ0) is 14.5. The van der Waals surface area contributed by atoms with Crippen LogP contribution in [0.2, 0.25) is 0 Å². The monoisotopic (exact) mass is 265 g/mol. The second-order valence-electron chi connectivity index (χ2n) is 6.23. The van der Waals surface area contributed by atoms with E-state index in [4.69, 9.17) is 0 Å². The molecular weight excluding hydrogens is 238 g/mol. The lowest BCUT2D eigenvalue weighted by Gasteiger charge is -2.19. The van der Waals surface area contributed by atoms with E-state index in [1.807, 2.05) is 19.9 Å². The normalized spacial score (nSPS) is 13.6. The summed E-state index contributed by atoms with van der Waals surface area (Å²) in [6.45, 7) is 10.1. The molecule has 1 rings (SSSR count). The fourth-order valence-electron chi connectivity index (χ4n) is 1.93. The smallest absolute Gasteiger partial charge is 0.129 e. The third-order valence-corrected chi connectivity index (χ3v) is 3.10. The Labute approximate surface area is 116 Å². The maximum Gasteiger partial charge on any atom is 0.129 e. The first-order valence-corrected chi connectivity index (χ1v) is 7.09. The van der Waals surface area contributed by atoms with Gasteiger partial charge in [-0.1, -0.05) is 13.8 Å². The summed E-state index contributed by atoms with van der Waals surface area (Å²) in [5.41, 5.74) is 0.487. The highest BCUT2D eigenvalue weighted by Gasteiger charge is 2.13. The molecule has 1 atom stereocenters. The number of rotatable bonds is 7. The summed E-state index contributed by atoms with van der Waals surface area (Å²) in [6.07, 6.45) is 4.45. The van der Waals surface area contributed by atoms with Gasteiger partial charge in [-0.15, -0.1) is 0 Å². The molecule has 0 bridgehead atoms. The van der Waals surface area contributed by atoms with Crippen molar-refractivity contribution in [3.05, 3.63) is 18.1 Å². The van der Waals surface area contributed by atoms with E-state index in [1.54, 1.807) is 6.33 Å². The Bertz CT molecular complexity index is 385. The molecule has 0 aliphatic carbocycles. The third-order valence-electron chi connectivity index (χ3n) is 3.10. The molecule has 0 unspecified atom stereocenters. The Hall–Kier alpha value is -1.16. The van der Waals surface area contributed by atoms with Crippen molar-refractivity contribution in [3.63, 3.8) is 0 Å². The molecule has 0 saturated heterocycles. The fourth-order valence-corrected chi connectivity index (χ4v) is 1.93. The van der Waals surface area contributed by atoms with Gasteiger partial charge in [-0.05, 0) is 46.0 Å². The number of aliphatic hydroxyl groups is 1. The first kappa shape index (κ1) is 15.9. The van der Waals surface area contributed by atoms with Crippen molar-refractivity contribution in [2.75, 3.05) is 5.32 Å². The average Bonchev–Trinajstić information content (AvgIpc) is 2.27. The molecule has 19 heavy (non-hydrogen) atoms. The summed E-state index contributed by atoms with van der Waals surface area (Å²) in [5, 5.41) is 13.1. The Balaban J connectivity index is 2.44. The van der Waals surface area contributed by atoms with Gasteiger partial charge in [0.25, 0.3) is 0 Å². The van der Waals surface area contributed by atoms with Gasteiger partial charge in [0.2, 0.25) is 0 Å². The molecular formula is C15H27N3O. The van der Waals surface area contributed by atoms with Gasteiger partial charge in [0.1, 0.15) is 12.1 Å². The van der Waals surface area contributed by atoms with Gasteiger partial charge in [-0.2, -0.15) is 0 Å². The molecule has 0 aliphatic heterocycles. The van der Waals surface area contributed by atoms with Gasteiger partial charge >= 0.3 is 0 Å². The van der Waals surface area contributed by atoms with Crippen LogP contribution in [0.15, 0.2) is 12.4 Å². The minimum absolute atomic E-state index is 0.345. The summed E-state index contributed by atoms with van der Waals surface area (Å²) in [7, 11) is 0. The van der Waals surface area contributed by atoms with Crippen LogP contribution in [0.5, 0.6) is 0 Å². The minimum atomic E-state index is -0.570. The van der Waals surface area contributed by atoms with Crippen LogP contribution in [0.3, 0.4) is 0 Å². The first-order valence-electron chi connectivity index (χ1n) is 7.09. The topological polar surface area (TPSA) is 58.0 Å². The van der Waals surface area contributed by atoms with E-state index in [2.05, 4.69) is 36.1 Å². The van der Waals surface area contributed by atoms with Gasteiger partial charge in [0, 0.05) is 17.8 Å². The van der Waals surface area contributed by atoms with Crippen LogP contribution >= 0.6 is 0 Å². The van der Waals surface area contributed by atoms with Crippen molar-refractivity contribution in [2.24, 2.45) is 0 Å². The Kier molecular flexibility index (Phi) is 5.73. The fraction of sp³-hybridized carbons (Fsp3) is 0.733. The lowest BCUT2D eigenvalue weighted by Crippen LogP contribution is -2.21. The third kappa shape index (κ3) is 6.53. The van der Waals surface area contributed by atoms with Crippen molar-refractivity contribution >= 4 is 5.82 Å². The zero-order valence-corrected chi connectivity index (χ0v) is 12.8. The highest BCUT2D eigenvalue weighted by molar-refractivity contribution is 5.36. The minimum Gasteiger partial charge on any atom is -0.390 e. The van der Waals surface area contributed by atoms with E-state index in [0.29, 0.717) is 12.0 Å². The van der Waals surface area contributed by atoms with Crippen LogP contribution in [0.25, 0.3) is 0 Å². The van der Waals surface area contributed by atoms with Crippen molar-refractivity contribution in [1.82, 2.24) is 9.97 Å². The first-order chi connectivity index (χ1) is 8.78. The largest absolute Gasteiger partial charge is 0.390 e. The number of hydrogen-bond donors (Lipinski definition) is 2. The number of anilines is 1. The summed E-state index contributed by atoms with van der Waals surface area (Å²) < 4.78 is 0.